The molecule has 0 amide bonds. The van der Waals surface area contributed by atoms with E-state index in [9.17, 15) is 0 Å². The van der Waals surface area contributed by atoms with E-state index in [2.05, 4.69) is 53.5 Å². The number of rotatable bonds is 2. The third-order valence-corrected chi connectivity index (χ3v) is 4.34. The van der Waals surface area contributed by atoms with E-state index in [1.807, 2.05) is 12.3 Å². The van der Waals surface area contributed by atoms with Gasteiger partial charge in [0.15, 0.2) is 0 Å². The average Bonchev–Trinajstić information content (AvgIpc) is 2.48. The van der Waals surface area contributed by atoms with Gasteiger partial charge >= 0.3 is 0 Å². The lowest BCUT2D eigenvalue weighted by atomic mass is 9.72. The van der Waals surface area contributed by atoms with E-state index in [0.717, 1.165) is 17.3 Å². The number of hydrogen-bond donors (Lipinski definition) is 1. The third kappa shape index (κ3) is 1.73. The van der Waals surface area contributed by atoms with Crippen LogP contribution in [-0.2, 0) is 6.42 Å². The molecule has 4 rings (SSSR count). The second-order valence-electron chi connectivity index (χ2n) is 5.49. The highest BCUT2D eigenvalue weighted by molar-refractivity contribution is 5.79. The normalized spacial score (nSPS) is 18.4. The number of aromatic nitrogens is 1. The first-order valence-corrected chi connectivity index (χ1v) is 7.01. The van der Waals surface area contributed by atoms with Gasteiger partial charge in [0.05, 0.1) is 5.52 Å². The highest BCUT2D eigenvalue weighted by Crippen LogP contribution is 2.42. The second kappa shape index (κ2) is 4.43. The van der Waals surface area contributed by atoms with Crippen molar-refractivity contribution in [1.82, 2.24) is 4.98 Å². The Hall–Kier alpha value is -2.19. The van der Waals surface area contributed by atoms with Gasteiger partial charge in [0.1, 0.15) is 0 Å². The van der Waals surface area contributed by atoms with Crippen molar-refractivity contribution in [2.24, 2.45) is 5.73 Å². The molecule has 20 heavy (non-hydrogen) atoms. The fourth-order valence-corrected chi connectivity index (χ4v) is 3.14. The molecule has 1 aliphatic rings. The predicted octanol–water partition coefficient (Wildman–Crippen LogP) is 3.57. The summed E-state index contributed by atoms with van der Waals surface area (Å²) in [4.78, 5) is 4.42. The third-order valence-electron chi connectivity index (χ3n) is 4.34. The van der Waals surface area contributed by atoms with Crippen molar-refractivity contribution < 1.29 is 0 Å². The van der Waals surface area contributed by atoms with Gasteiger partial charge in [0.2, 0.25) is 0 Å². The predicted molar refractivity (Wildman–Crippen MR) is 81.6 cm³/mol. The lowest BCUT2D eigenvalue weighted by molar-refractivity contribution is 0.500. The number of nitrogens with zero attached hydrogens (tertiary/aromatic N) is 1. The lowest BCUT2D eigenvalue weighted by Gasteiger charge is -2.35. The Balaban J connectivity index is 1.70. The van der Waals surface area contributed by atoms with Crippen LogP contribution in [0.2, 0.25) is 0 Å². The van der Waals surface area contributed by atoms with Crippen LogP contribution in [0.3, 0.4) is 0 Å². The first-order valence-electron chi connectivity index (χ1n) is 7.01. The van der Waals surface area contributed by atoms with Crippen molar-refractivity contribution in [2.75, 3.05) is 0 Å². The van der Waals surface area contributed by atoms with E-state index in [1.165, 1.54) is 16.7 Å². The molecule has 2 nitrogen and oxygen atoms in total. The molecular formula is C18H16N2. The molecule has 1 aromatic heterocycles. The zero-order chi connectivity index (χ0) is 13.5. The molecule has 98 valence electrons. The summed E-state index contributed by atoms with van der Waals surface area (Å²) in [6.07, 6.45) is 2.91. The van der Waals surface area contributed by atoms with E-state index in [4.69, 9.17) is 5.73 Å². The van der Waals surface area contributed by atoms with Gasteiger partial charge in [-0.2, -0.15) is 0 Å². The minimum absolute atomic E-state index is 0.0521. The Morgan fingerprint density at radius 2 is 1.95 bits per heavy atom. The van der Waals surface area contributed by atoms with Crippen LogP contribution in [-0.4, -0.2) is 4.98 Å². The molecule has 2 aromatic carbocycles. The molecule has 0 fully saturated rings. The standard InChI is InChI=1S/C18H16N2/c19-18(16-10-13-4-1-2-6-15(13)16)14-8-7-12-5-3-9-20-17(12)11-14/h1-9,11,16,18H,10,19H2. The van der Waals surface area contributed by atoms with Crippen LogP contribution in [0.4, 0.5) is 0 Å². The molecule has 1 heterocycles. The summed E-state index contributed by atoms with van der Waals surface area (Å²) in [5.74, 6) is 0.437. The lowest BCUT2D eigenvalue weighted by Crippen LogP contribution is -2.28. The topological polar surface area (TPSA) is 38.9 Å². The monoisotopic (exact) mass is 260 g/mol. The maximum Gasteiger partial charge on any atom is 0.0705 e. The Morgan fingerprint density at radius 1 is 1.05 bits per heavy atom. The molecule has 2 heteroatoms. The summed E-state index contributed by atoms with van der Waals surface area (Å²) in [5.41, 5.74) is 11.5. The van der Waals surface area contributed by atoms with Crippen LogP contribution in [0.25, 0.3) is 10.9 Å². The number of fused-ring (bicyclic) bond motifs is 2. The van der Waals surface area contributed by atoms with Crippen molar-refractivity contribution in [3.05, 3.63) is 77.5 Å². The summed E-state index contributed by atoms with van der Waals surface area (Å²) in [6, 6.07) is 19.1. The van der Waals surface area contributed by atoms with E-state index in [1.54, 1.807) is 0 Å². The number of nitrogens with two attached hydrogens (primary N) is 1. The number of hydrogen-bond acceptors (Lipinski definition) is 2. The summed E-state index contributed by atoms with van der Waals surface area (Å²) >= 11 is 0. The van der Waals surface area contributed by atoms with Gasteiger partial charge in [-0.3, -0.25) is 4.98 Å². The van der Waals surface area contributed by atoms with Crippen molar-refractivity contribution in [1.29, 1.82) is 0 Å². The van der Waals surface area contributed by atoms with Crippen LogP contribution in [0.1, 0.15) is 28.7 Å². The Kier molecular flexibility index (Phi) is 2.57. The van der Waals surface area contributed by atoms with Crippen LogP contribution < -0.4 is 5.73 Å². The molecule has 0 aliphatic heterocycles. The minimum atomic E-state index is 0.0521. The first-order chi connectivity index (χ1) is 9.83. The van der Waals surface area contributed by atoms with Gasteiger partial charge in [0, 0.05) is 23.5 Å². The molecule has 0 spiro atoms. The molecule has 2 N–H and O–H groups in total. The smallest absolute Gasteiger partial charge is 0.0705 e. The molecule has 0 radical (unpaired) electrons. The maximum absolute atomic E-state index is 6.48. The summed E-state index contributed by atoms with van der Waals surface area (Å²) < 4.78 is 0. The largest absolute Gasteiger partial charge is 0.323 e. The summed E-state index contributed by atoms with van der Waals surface area (Å²) in [6.45, 7) is 0. The highest BCUT2D eigenvalue weighted by Gasteiger charge is 2.31. The molecule has 0 saturated heterocycles. The minimum Gasteiger partial charge on any atom is -0.323 e. The molecule has 0 bridgehead atoms. The van der Waals surface area contributed by atoms with Gasteiger partial charge in [-0.15, -0.1) is 0 Å². The van der Waals surface area contributed by atoms with Gasteiger partial charge in [-0.05, 0) is 35.2 Å². The highest BCUT2D eigenvalue weighted by atomic mass is 14.7. The van der Waals surface area contributed by atoms with Crippen LogP contribution in [0.15, 0.2) is 60.8 Å². The Bertz CT molecular complexity index is 779. The Morgan fingerprint density at radius 3 is 2.85 bits per heavy atom. The maximum atomic E-state index is 6.48. The second-order valence-corrected chi connectivity index (χ2v) is 5.49. The van der Waals surface area contributed by atoms with Crippen LogP contribution in [0.5, 0.6) is 0 Å². The van der Waals surface area contributed by atoms with Gasteiger partial charge < -0.3 is 5.73 Å². The van der Waals surface area contributed by atoms with Gasteiger partial charge in [-0.1, -0.05) is 42.5 Å². The zero-order valence-electron chi connectivity index (χ0n) is 11.2. The SMILES string of the molecule is NC(c1ccc2cccnc2c1)C1Cc2ccccc21. The Labute approximate surface area is 118 Å². The fourth-order valence-electron chi connectivity index (χ4n) is 3.14. The number of pyridine rings is 1. The molecule has 3 aromatic rings. The summed E-state index contributed by atoms with van der Waals surface area (Å²) in [5, 5.41) is 1.16. The van der Waals surface area contributed by atoms with E-state index < -0.39 is 0 Å². The average molecular weight is 260 g/mol. The van der Waals surface area contributed by atoms with Gasteiger partial charge in [-0.25, -0.2) is 0 Å². The fraction of sp³-hybridized carbons (Fsp3) is 0.167. The quantitative estimate of drug-likeness (QED) is 0.765. The van der Waals surface area contributed by atoms with Crippen molar-refractivity contribution >= 4 is 10.9 Å². The first kappa shape index (κ1) is 11.6. The zero-order valence-corrected chi connectivity index (χ0v) is 11.2. The van der Waals surface area contributed by atoms with E-state index >= 15 is 0 Å². The molecule has 2 atom stereocenters. The van der Waals surface area contributed by atoms with Crippen LogP contribution in [0, 0.1) is 0 Å². The molecule has 2 unspecified atom stereocenters. The van der Waals surface area contributed by atoms with E-state index in [-0.39, 0.29) is 6.04 Å². The van der Waals surface area contributed by atoms with E-state index in [0.29, 0.717) is 5.92 Å². The van der Waals surface area contributed by atoms with Crippen LogP contribution >= 0.6 is 0 Å². The van der Waals surface area contributed by atoms with Crippen molar-refractivity contribution in [2.45, 2.75) is 18.4 Å². The molecular weight excluding hydrogens is 244 g/mol. The molecule has 0 saturated carbocycles. The van der Waals surface area contributed by atoms with Gasteiger partial charge in [0.25, 0.3) is 0 Å². The van der Waals surface area contributed by atoms with Crippen molar-refractivity contribution in [3.63, 3.8) is 0 Å². The molecule has 1 aliphatic carbocycles. The number of benzene rings is 2. The van der Waals surface area contributed by atoms with Crippen molar-refractivity contribution in [3.8, 4) is 0 Å². The summed E-state index contributed by atoms with van der Waals surface area (Å²) in [7, 11) is 0.